The van der Waals surface area contributed by atoms with Crippen molar-refractivity contribution in [3.63, 3.8) is 0 Å². The fourth-order valence-electron chi connectivity index (χ4n) is 2.35. The molecule has 0 aliphatic heterocycles. The van der Waals surface area contributed by atoms with Crippen LogP contribution in [-0.2, 0) is 22.4 Å². The average Bonchev–Trinajstić information content (AvgIpc) is 2.59. The number of rotatable bonds is 7. The van der Waals surface area contributed by atoms with Gasteiger partial charge in [0.05, 0.1) is 6.04 Å². The fraction of sp³-hybridized carbons (Fsp3) is 0.222. The highest BCUT2D eigenvalue weighted by Crippen LogP contribution is 2.11. The molecule has 0 fully saturated rings. The largest absolute Gasteiger partial charge is 0.480 e. The summed E-state index contributed by atoms with van der Waals surface area (Å²) in [6.45, 7) is 0. The number of carboxylic acids is 1. The van der Waals surface area contributed by atoms with Crippen LogP contribution in [0.25, 0.3) is 0 Å². The molecule has 0 heterocycles. The molecule has 0 saturated carbocycles. The van der Waals surface area contributed by atoms with E-state index in [0.29, 0.717) is 5.56 Å². The number of benzene rings is 2. The Morgan fingerprint density at radius 2 is 1.58 bits per heavy atom. The summed E-state index contributed by atoms with van der Waals surface area (Å²) in [5.74, 6) is -4.64. The first kappa shape index (κ1) is 19.5. The highest BCUT2D eigenvalue weighted by molar-refractivity contribution is 5.87. The van der Waals surface area contributed by atoms with Gasteiger partial charge in [0, 0.05) is 6.42 Å². The predicted octanol–water partition coefficient (Wildman–Crippen LogP) is 1.79. The van der Waals surface area contributed by atoms with Gasteiger partial charge in [0.25, 0.3) is 0 Å². The van der Waals surface area contributed by atoms with Gasteiger partial charge in [-0.25, -0.2) is 18.0 Å². The second kappa shape index (κ2) is 8.48. The van der Waals surface area contributed by atoms with Crippen LogP contribution in [0.15, 0.2) is 42.5 Å². The van der Waals surface area contributed by atoms with Gasteiger partial charge < -0.3 is 16.2 Å². The van der Waals surface area contributed by atoms with Gasteiger partial charge in [-0.1, -0.05) is 18.2 Å². The lowest BCUT2D eigenvalue weighted by molar-refractivity contribution is -0.141. The summed E-state index contributed by atoms with van der Waals surface area (Å²) in [6, 6.07) is 5.97. The molecule has 0 radical (unpaired) electrons. The van der Waals surface area contributed by atoms with E-state index in [-0.39, 0.29) is 18.4 Å². The van der Waals surface area contributed by atoms with E-state index in [9.17, 15) is 27.9 Å². The molecular weight excluding hydrogens is 349 g/mol. The number of carbonyl (C=O) groups excluding carboxylic acids is 1. The third-order valence-electron chi connectivity index (χ3n) is 3.74. The normalized spacial score (nSPS) is 13.1. The number of hydrogen-bond donors (Lipinski definition) is 3. The summed E-state index contributed by atoms with van der Waals surface area (Å²) in [5, 5.41) is 11.5. The molecule has 0 aromatic heterocycles. The van der Waals surface area contributed by atoms with Crippen LogP contribution in [0.2, 0.25) is 0 Å². The van der Waals surface area contributed by atoms with Crippen LogP contribution in [0.1, 0.15) is 11.1 Å². The van der Waals surface area contributed by atoms with Crippen LogP contribution < -0.4 is 11.1 Å². The summed E-state index contributed by atoms with van der Waals surface area (Å²) in [7, 11) is 0. The Balaban J connectivity index is 2.01. The Morgan fingerprint density at radius 1 is 0.962 bits per heavy atom. The van der Waals surface area contributed by atoms with Crippen LogP contribution in [0.5, 0.6) is 0 Å². The van der Waals surface area contributed by atoms with Crippen LogP contribution in [0.3, 0.4) is 0 Å². The fourth-order valence-corrected chi connectivity index (χ4v) is 2.35. The Bertz CT molecular complexity index is 797. The van der Waals surface area contributed by atoms with Crippen LogP contribution in [0.4, 0.5) is 13.2 Å². The zero-order valence-electron chi connectivity index (χ0n) is 13.6. The quantitative estimate of drug-likeness (QED) is 0.697. The molecular formula is C18H17F3N2O3. The minimum atomic E-state index is -1.35. The number of aliphatic carboxylic acids is 1. The van der Waals surface area contributed by atoms with Gasteiger partial charge >= 0.3 is 5.97 Å². The molecule has 5 nitrogen and oxygen atoms in total. The first-order valence-electron chi connectivity index (χ1n) is 7.73. The minimum absolute atomic E-state index is 0.0869. The highest BCUT2D eigenvalue weighted by atomic mass is 19.2. The van der Waals surface area contributed by atoms with Crippen molar-refractivity contribution in [2.75, 3.05) is 0 Å². The maximum absolute atomic E-state index is 13.2. The summed E-state index contributed by atoms with van der Waals surface area (Å²) in [4.78, 5) is 23.5. The number of carbonyl (C=O) groups is 2. The van der Waals surface area contributed by atoms with Crippen molar-refractivity contribution < 1.29 is 27.9 Å². The monoisotopic (exact) mass is 366 g/mol. The van der Waals surface area contributed by atoms with Gasteiger partial charge in [-0.05, 0) is 41.8 Å². The number of nitrogens with one attached hydrogen (secondary N) is 1. The van der Waals surface area contributed by atoms with Crippen molar-refractivity contribution in [1.29, 1.82) is 0 Å². The lowest BCUT2D eigenvalue weighted by Gasteiger charge is -2.18. The Labute approximate surface area is 147 Å². The summed E-state index contributed by atoms with van der Waals surface area (Å²) in [5.41, 5.74) is 6.59. The smallest absolute Gasteiger partial charge is 0.326 e. The zero-order valence-corrected chi connectivity index (χ0v) is 13.6. The van der Waals surface area contributed by atoms with E-state index in [2.05, 4.69) is 5.32 Å². The minimum Gasteiger partial charge on any atom is -0.480 e. The first-order valence-corrected chi connectivity index (χ1v) is 7.73. The van der Waals surface area contributed by atoms with Crippen molar-refractivity contribution in [3.05, 3.63) is 71.0 Å². The number of nitrogens with two attached hydrogens (primary N) is 1. The van der Waals surface area contributed by atoms with E-state index in [1.165, 1.54) is 30.3 Å². The molecule has 2 rings (SSSR count). The Kier molecular flexibility index (Phi) is 6.35. The number of amides is 1. The Morgan fingerprint density at radius 3 is 2.15 bits per heavy atom. The van der Waals surface area contributed by atoms with Crippen LogP contribution >= 0.6 is 0 Å². The van der Waals surface area contributed by atoms with Crippen molar-refractivity contribution in [2.24, 2.45) is 5.73 Å². The second-order valence-electron chi connectivity index (χ2n) is 5.79. The molecule has 2 unspecified atom stereocenters. The predicted molar refractivity (Wildman–Crippen MR) is 87.7 cm³/mol. The molecule has 2 aromatic rings. The molecule has 0 aliphatic rings. The van der Waals surface area contributed by atoms with Crippen molar-refractivity contribution in [1.82, 2.24) is 5.32 Å². The number of hydrogen-bond acceptors (Lipinski definition) is 3. The van der Waals surface area contributed by atoms with E-state index in [0.717, 1.165) is 12.1 Å². The van der Waals surface area contributed by atoms with Crippen LogP contribution in [-0.4, -0.2) is 29.1 Å². The van der Waals surface area contributed by atoms with E-state index >= 15 is 0 Å². The molecule has 0 aliphatic carbocycles. The molecule has 0 bridgehead atoms. The molecule has 2 atom stereocenters. The molecule has 138 valence electrons. The number of carboxylic acid groups (broad SMARTS) is 1. The highest BCUT2D eigenvalue weighted by Gasteiger charge is 2.24. The van der Waals surface area contributed by atoms with Gasteiger partial charge in [-0.2, -0.15) is 0 Å². The number of halogens is 3. The second-order valence-corrected chi connectivity index (χ2v) is 5.79. The van der Waals surface area contributed by atoms with E-state index < -0.39 is 41.4 Å². The average molecular weight is 366 g/mol. The van der Waals surface area contributed by atoms with Crippen molar-refractivity contribution >= 4 is 11.9 Å². The molecule has 0 saturated heterocycles. The molecule has 1 amide bonds. The molecule has 0 spiro atoms. The topological polar surface area (TPSA) is 92.4 Å². The van der Waals surface area contributed by atoms with E-state index in [1.54, 1.807) is 0 Å². The van der Waals surface area contributed by atoms with Gasteiger partial charge in [-0.3, -0.25) is 4.79 Å². The van der Waals surface area contributed by atoms with Gasteiger partial charge in [-0.15, -0.1) is 0 Å². The third-order valence-corrected chi connectivity index (χ3v) is 3.74. The molecule has 4 N–H and O–H groups in total. The molecule has 8 heteroatoms. The van der Waals surface area contributed by atoms with Gasteiger partial charge in [0.1, 0.15) is 11.9 Å². The third kappa shape index (κ3) is 5.32. The summed E-state index contributed by atoms with van der Waals surface area (Å²) >= 11 is 0. The standard InChI is InChI=1S/C18H17F3N2O3/c19-12-4-1-10(2-5-12)8-15(22)17(24)23-16(18(25)26)9-11-3-6-13(20)14(21)7-11/h1-7,15-16H,8-9,22H2,(H,23,24)(H,25,26). The van der Waals surface area contributed by atoms with E-state index in [4.69, 9.17) is 5.73 Å². The lowest BCUT2D eigenvalue weighted by atomic mass is 10.0. The van der Waals surface area contributed by atoms with Crippen LogP contribution in [0, 0.1) is 17.5 Å². The zero-order chi connectivity index (χ0) is 19.3. The maximum Gasteiger partial charge on any atom is 0.326 e. The van der Waals surface area contributed by atoms with Crippen molar-refractivity contribution in [2.45, 2.75) is 24.9 Å². The van der Waals surface area contributed by atoms with Gasteiger partial charge in [0.15, 0.2) is 11.6 Å². The summed E-state index contributed by atoms with van der Waals surface area (Å²) < 4.78 is 39.1. The Hall–Kier alpha value is -2.87. The lowest BCUT2D eigenvalue weighted by Crippen LogP contribution is -2.50. The van der Waals surface area contributed by atoms with E-state index in [1.807, 2.05) is 0 Å². The SMILES string of the molecule is NC(Cc1ccc(F)cc1)C(=O)NC(Cc1ccc(F)c(F)c1)C(=O)O. The maximum atomic E-state index is 13.2. The van der Waals surface area contributed by atoms with Crippen molar-refractivity contribution in [3.8, 4) is 0 Å². The molecule has 26 heavy (non-hydrogen) atoms. The summed E-state index contributed by atoms with van der Waals surface area (Å²) in [6.07, 6.45) is -0.148. The molecule has 2 aromatic carbocycles. The first-order chi connectivity index (χ1) is 12.3. The van der Waals surface area contributed by atoms with Gasteiger partial charge in [0.2, 0.25) is 5.91 Å².